The number of rotatable bonds is 4. The Morgan fingerprint density at radius 2 is 1.85 bits per heavy atom. The average molecular weight is 268 g/mol. The number of ether oxygens (including phenoxy) is 3. The van der Waals surface area contributed by atoms with E-state index in [-0.39, 0.29) is 12.9 Å². The smallest absolute Gasteiger partial charge is 0.188 e. The van der Waals surface area contributed by atoms with Gasteiger partial charge in [0.1, 0.15) is 17.6 Å². The minimum absolute atomic E-state index is 0.0543. The summed E-state index contributed by atoms with van der Waals surface area (Å²) in [5.74, 6) is 1.70. The van der Waals surface area contributed by atoms with E-state index in [2.05, 4.69) is 12.2 Å². The third kappa shape index (κ3) is 2.68. The molecule has 0 unspecified atom stereocenters. The minimum atomic E-state index is -0.0543. The molecule has 2 aromatic carbocycles. The fraction of sp³-hybridized carbons (Fsp3) is 0.176. The Balaban J connectivity index is 1.75. The van der Waals surface area contributed by atoms with Crippen molar-refractivity contribution < 1.29 is 14.2 Å². The van der Waals surface area contributed by atoms with Crippen LogP contribution in [0.1, 0.15) is 17.2 Å². The van der Waals surface area contributed by atoms with Crippen molar-refractivity contribution in [1.82, 2.24) is 0 Å². The molecule has 102 valence electrons. The van der Waals surface area contributed by atoms with E-state index in [1.165, 1.54) is 0 Å². The van der Waals surface area contributed by atoms with Crippen LogP contribution in [0.15, 0.2) is 54.6 Å². The summed E-state index contributed by atoms with van der Waals surface area (Å²) in [6.45, 7) is 0.257. The molecule has 0 saturated heterocycles. The van der Waals surface area contributed by atoms with Gasteiger partial charge in [-0.2, -0.15) is 0 Å². The molecule has 3 nitrogen and oxygen atoms in total. The molecule has 0 N–H and O–H groups in total. The summed E-state index contributed by atoms with van der Waals surface area (Å²) >= 11 is 0. The lowest BCUT2D eigenvalue weighted by Crippen LogP contribution is -2.08. The summed E-state index contributed by atoms with van der Waals surface area (Å²) in [6.07, 6.45) is 4.10. The van der Waals surface area contributed by atoms with Crippen LogP contribution in [0.25, 0.3) is 6.08 Å². The van der Waals surface area contributed by atoms with E-state index in [1.54, 1.807) is 7.11 Å². The Bertz CT molecular complexity index is 602. The summed E-state index contributed by atoms with van der Waals surface area (Å²) in [6, 6.07) is 15.9. The number of methoxy groups -OCH3 is 1. The molecule has 0 aromatic heterocycles. The Hall–Kier alpha value is -2.26. The van der Waals surface area contributed by atoms with Crippen molar-refractivity contribution in [3.63, 3.8) is 0 Å². The number of para-hydroxylation sites is 1. The molecule has 20 heavy (non-hydrogen) atoms. The van der Waals surface area contributed by atoms with Crippen LogP contribution in [0.5, 0.6) is 11.5 Å². The second-order valence-corrected chi connectivity index (χ2v) is 4.56. The molecule has 0 spiro atoms. The van der Waals surface area contributed by atoms with Crippen molar-refractivity contribution in [1.29, 1.82) is 0 Å². The molecule has 1 aliphatic rings. The lowest BCUT2D eigenvalue weighted by molar-refractivity contribution is 0.0511. The monoisotopic (exact) mass is 268 g/mol. The first-order valence-electron chi connectivity index (χ1n) is 6.52. The second kappa shape index (κ2) is 5.80. The number of hydrogen-bond donors (Lipinski definition) is 0. The molecule has 3 heteroatoms. The maximum Gasteiger partial charge on any atom is 0.188 e. The highest BCUT2D eigenvalue weighted by atomic mass is 16.7. The van der Waals surface area contributed by atoms with Gasteiger partial charge in [0.15, 0.2) is 6.79 Å². The zero-order valence-corrected chi connectivity index (χ0v) is 11.3. The molecule has 1 aliphatic heterocycles. The molecule has 1 heterocycles. The lowest BCUT2D eigenvalue weighted by Gasteiger charge is -2.21. The molecule has 0 amide bonds. The van der Waals surface area contributed by atoms with Crippen LogP contribution < -0.4 is 9.47 Å². The zero-order chi connectivity index (χ0) is 13.8. The van der Waals surface area contributed by atoms with Gasteiger partial charge in [-0.3, -0.25) is 0 Å². The number of benzene rings is 2. The average Bonchev–Trinajstić information content (AvgIpc) is 2.53. The molecule has 0 bridgehead atoms. The van der Waals surface area contributed by atoms with Crippen molar-refractivity contribution in [2.24, 2.45) is 0 Å². The van der Waals surface area contributed by atoms with Gasteiger partial charge in [-0.15, -0.1) is 0 Å². The van der Waals surface area contributed by atoms with E-state index in [4.69, 9.17) is 14.2 Å². The van der Waals surface area contributed by atoms with E-state index < -0.39 is 0 Å². The van der Waals surface area contributed by atoms with E-state index in [0.717, 1.165) is 22.6 Å². The third-order valence-electron chi connectivity index (χ3n) is 3.18. The standard InChI is InChI=1S/C17H16O3/c1-18-12-19-15-9-6-14(7-10-15)17-11-8-13-4-2-3-5-16(13)20-17/h2-11,17H,12H2,1H3/t17-/m1/s1. The van der Waals surface area contributed by atoms with Gasteiger partial charge in [0.2, 0.25) is 0 Å². The number of hydrogen-bond acceptors (Lipinski definition) is 3. The van der Waals surface area contributed by atoms with Gasteiger partial charge in [0.05, 0.1) is 0 Å². The molecule has 0 saturated carbocycles. The first-order valence-corrected chi connectivity index (χ1v) is 6.52. The fourth-order valence-corrected chi connectivity index (χ4v) is 2.15. The van der Waals surface area contributed by atoms with Crippen molar-refractivity contribution in [2.75, 3.05) is 13.9 Å². The Labute approximate surface area is 118 Å². The molecule has 2 aromatic rings. The van der Waals surface area contributed by atoms with Crippen LogP contribution in [0.3, 0.4) is 0 Å². The van der Waals surface area contributed by atoms with Crippen molar-refractivity contribution in [3.8, 4) is 11.5 Å². The summed E-state index contributed by atoms with van der Waals surface area (Å²) in [5, 5.41) is 0. The normalized spacial score (nSPS) is 16.4. The third-order valence-corrected chi connectivity index (χ3v) is 3.18. The molecule has 0 aliphatic carbocycles. The van der Waals surface area contributed by atoms with Crippen molar-refractivity contribution in [2.45, 2.75) is 6.10 Å². The van der Waals surface area contributed by atoms with E-state index in [0.29, 0.717) is 0 Å². The second-order valence-electron chi connectivity index (χ2n) is 4.56. The summed E-state index contributed by atoms with van der Waals surface area (Å²) in [4.78, 5) is 0. The molecule has 3 rings (SSSR count). The predicted molar refractivity (Wildman–Crippen MR) is 77.8 cm³/mol. The highest BCUT2D eigenvalue weighted by Gasteiger charge is 2.15. The zero-order valence-electron chi connectivity index (χ0n) is 11.3. The minimum Gasteiger partial charge on any atom is -0.481 e. The topological polar surface area (TPSA) is 27.7 Å². The van der Waals surface area contributed by atoms with Crippen molar-refractivity contribution >= 4 is 6.08 Å². The van der Waals surface area contributed by atoms with Gasteiger partial charge in [0, 0.05) is 12.7 Å². The highest BCUT2D eigenvalue weighted by molar-refractivity contribution is 5.60. The maximum absolute atomic E-state index is 5.99. The van der Waals surface area contributed by atoms with Crippen LogP contribution in [0.2, 0.25) is 0 Å². The van der Waals surface area contributed by atoms with Crippen molar-refractivity contribution in [3.05, 3.63) is 65.7 Å². The molecular formula is C17H16O3. The van der Waals surface area contributed by atoms with Crippen LogP contribution >= 0.6 is 0 Å². The van der Waals surface area contributed by atoms with Gasteiger partial charge in [-0.1, -0.05) is 36.4 Å². The largest absolute Gasteiger partial charge is 0.481 e. The van der Waals surface area contributed by atoms with Gasteiger partial charge >= 0.3 is 0 Å². The molecule has 0 radical (unpaired) electrons. The molecule has 1 atom stereocenters. The predicted octanol–water partition coefficient (Wildman–Crippen LogP) is 3.82. The van der Waals surface area contributed by atoms with E-state index >= 15 is 0 Å². The van der Waals surface area contributed by atoms with E-state index in [9.17, 15) is 0 Å². The maximum atomic E-state index is 5.99. The molecular weight excluding hydrogens is 252 g/mol. The Morgan fingerprint density at radius 3 is 2.65 bits per heavy atom. The van der Waals surface area contributed by atoms with Crippen LogP contribution in [-0.4, -0.2) is 13.9 Å². The van der Waals surface area contributed by atoms with E-state index in [1.807, 2.05) is 48.5 Å². The summed E-state index contributed by atoms with van der Waals surface area (Å²) in [5.41, 5.74) is 2.21. The summed E-state index contributed by atoms with van der Waals surface area (Å²) in [7, 11) is 1.60. The quantitative estimate of drug-likeness (QED) is 0.789. The van der Waals surface area contributed by atoms with Gasteiger partial charge in [0.25, 0.3) is 0 Å². The van der Waals surface area contributed by atoms with Crippen LogP contribution in [0, 0.1) is 0 Å². The van der Waals surface area contributed by atoms with Crippen LogP contribution in [-0.2, 0) is 4.74 Å². The van der Waals surface area contributed by atoms with Gasteiger partial charge in [-0.05, 0) is 29.8 Å². The Morgan fingerprint density at radius 1 is 1.05 bits per heavy atom. The highest BCUT2D eigenvalue weighted by Crippen LogP contribution is 2.32. The first kappa shape index (κ1) is 12.8. The number of fused-ring (bicyclic) bond motifs is 1. The Kier molecular flexibility index (Phi) is 3.70. The SMILES string of the molecule is COCOc1ccc([C@H]2C=Cc3ccccc3O2)cc1. The van der Waals surface area contributed by atoms with Crippen LogP contribution in [0.4, 0.5) is 0 Å². The first-order chi connectivity index (χ1) is 9.86. The fourth-order valence-electron chi connectivity index (χ4n) is 2.15. The summed E-state index contributed by atoms with van der Waals surface area (Å²) < 4.78 is 16.2. The van der Waals surface area contributed by atoms with Gasteiger partial charge < -0.3 is 14.2 Å². The van der Waals surface area contributed by atoms with Gasteiger partial charge in [-0.25, -0.2) is 0 Å². The molecule has 0 fully saturated rings. The lowest BCUT2D eigenvalue weighted by atomic mass is 10.0.